The van der Waals surface area contributed by atoms with E-state index in [9.17, 15) is 0 Å². The minimum atomic E-state index is -2.03. The fourth-order valence-electron chi connectivity index (χ4n) is 1.20. The molecule has 0 amide bonds. The molecule has 0 unspecified atom stereocenters. The molecule has 0 saturated carbocycles. The first-order valence-electron chi connectivity index (χ1n) is 5.15. The quantitative estimate of drug-likeness (QED) is 0.0873. The molecule has 0 aromatic carbocycles. The number of thiocarbonyl (C=S) groups is 2. The Hall–Kier alpha value is -0.0917. The van der Waals surface area contributed by atoms with Crippen LogP contribution in [0.5, 0.6) is 0 Å². The molecule has 0 bridgehead atoms. The third-order valence-electron chi connectivity index (χ3n) is 1.80. The van der Waals surface area contributed by atoms with Gasteiger partial charge < -0.3 is 30.3 Å². The molecule has 1 aliphatic rings. The summed E-state index contributed by atoms with van der Waals surface area (Å²) in [5, 5.41) is 4.98. The van der Waals surface area contributed by atoms with Gasteiger partial charge in [-0.3, -0.25) is 0 Å². The van der Waals surface area contributed by atoms with Crippen LogP contribution in [-0.4, -0.2) is 26.7 Å². The van der Waals surface area contributed by atoms with Crippen molar-refractivity contribution >= 4 is 58.3 Å². The molecule has 0 aromatic rings. The number of hydrogen-bond acceptors (Lipinski definition) is 7. The first-order valence-corrected chi connectivity index (χ1v) is 8.46. The molecule has 1 saturated heterocycles. The van der Waals surface area contributed by atoms with Gasteiger partial charge in [-0.25, -0.2) is 10.4 Å². The molecule has 13 heteroatoms. The average molecular weight is 437 g/mol. The van der Waals surface area contributed by atoms with Crippen LogP contribution in [0.15, 0.2) is 5.22 Å². The summed E-state index contributed by atoms with van der Waals surface area (Å²) in [6.07, 6.45) is 3.88. The van der Waals surface area contributed by atoms with Gasteiger partial charge >= 0.3 is 25.3 Å². The molecule has 0 radical (unpaired) electrons. The summed E-state index contributed by atoms with van der Waals surface area (Å²) in [5.41, 5.74) is 12.7. The predicted octanol–water partition coefficient (Wildman–Crippen LogP) is 1.58. The summed E-state index contributed by atoms with van der Waals surface area (Å²) in [6, 6.07) is 0. The van der Waals surface area contributed by atoms with Gasteiger partial charge in [-0.05, 0) is 18.1 Å². The Balaban J connectivity index is 0. The normalized spacial score (nSPS) is 13.1. The number of rotatable bonds is 2. The van der Waals surface area contributed by atoms with Crippen LogP contribution in [0.3, 0.4) is 0 Å². The summed E-state index contributed by atoms with van der Waals surface area (Å²) in [5.74, 6) is 0. The predicted molar refractivity (Wildman–Crippen MR) is 83.8 cm³/mol. The van der Waals surface area contributed by atoms with Crippen molar-refractivity contribution in [3.8, 4) is 0 Å². The van der Waals surface area contributed by atoms with E-state index in [2.05, 4.69) is 58.0 Å². The number of hydrazine groups is 1. The summed E-state index contributed by atoms with van der Waals surface area (Å²) in [7, 11) is 0. The van der Waals surface area contributed by atoms with Crippen molar-refractivity contribution in [3.63, 3.8) is 0 Å². The summed E-state index contributed by atoms with van der Waals surface area (Å²) in [6.45, 7) is 2.20. The Labute approximate surface area is 147 Å². The van der Waals surface area contributed by atoms with Gasteiger partial charge in [0.2, 0.25) is 0 Å². The number of piperidine rings is 1. The van der Waals surface area contributed by atoms with Crippen LogP contribution in [0.2, 0.25) is 0 Å². The zero-order valence-corrected chi connectivity index (χ0v) is 15.6. The monoisotopic (exact) mass is 439 g/mol. The van der Waals surface area contributed by atoms with Crippen molar-refractivity contribution in [3.05, 3.63) is 10.4 Å². The van der Waals surface area contributed by atoms with Crippen LogP contribution in [0.25, 0.3) is 10.4 Å². The van der Waals surface area contributed by atoms with Gasteiger partial charge in [0.25, 0.3) is 0 Å². The second-order valence-corrected chi connectivity index (χ2v) is 5.69. The van der Waals surface area contributed by atoms with Crippen molar-refractivity contribution in [2.45, 2.75) is 19.3 Å². The van der Waals surface area contributed by atoms with Gasteiger partial charge in [0.1, 0.15) is 4.32 Å². The van der Waals surface area contributed by atoms with E-state index in [0.717, 1.165) is 13.1 Å². The van der Waals surface area contributed by atoms with Crippen molar-refractivity contribution in [1.29, 1.82) is 0 Å². The Morgan fingerprint density at radius 3 is 2.15 bits per heavy atom. The second kappa shape index (κ2) is 17.0. The number of nitrogens with one attached hydrogen (secondary N) is 2. The molecule has 8 nitrogen and oxygen atoms in total. The van der Waals surface area contributed by atoms with Crippen LogP contribution in [0.1, 0.15) is 19.3 Å². The molecular formula is C7H13MoN6O2S4-. The van der Waals surface area contributed by atoms with Gasteiger partial charge in [-0.15, -0.1) is 18.2 Å². The van der Waals surface area contributed by atoms with Crippen LogP contribution in [0.4, 0.5) is 0 Å². The number of hydrogen-bond donors (Lipinski definition) is 3. The Bertz CT molecular complexity index is 380. The van der Waals surface area contributed by atoms with E-state index in [1.165, 1.54) is 19.3 Å². The van der Waals surface area contributed by atoms with Gasteiger partial charge in [0.05, 0.1) is 0 Å². The van der Waals surface area contributed by atoms with Gasteiger partial charge in [0, 0.05) is 17.4 Å². The van der Waals surface area contributed by atoms with E-state index >= 15 is 0 Å². The molecule has 20 heavy (non-hydrogen) atoms. The summed E-state index contributed by atoms with van der Waals surface area (Å²) in [4.78, 5) is 2.34. The SMILES string of the molecule is S=C(S)NN1CCCCC1.[N-]=[N+]=NNC(=S)[S-].[O]=[Mo]=[O]. The van der Waals surface area contributed by atoms with Crippen LogP contribution in [-0.2, 0) is 37.9 Å². The minimum absolute atomic E-state index is 0.0535. The molecule has 2 N–H and O–H groups in total. The zero-order chi connectivity index (χ0) is 15.8. The third-order valence-corrected chi connectivity index (χ3v) is 2.17. The molecular weight excluding hydrogens is 424 g/mol. The van der Waals surface area contributed by atoms with Crippen LogP contribution < -0.4 is 10.9 Å². The van der Waals surface area contributed by atoms with Crippen molar-refractivity contribution in [2.75, 3.05) is 13.1 Å². The topological polar surface area (TPSA) is 110 Å². The number of thiol groups is 1. The molecule has 0 atom stereocenters. The number of nitrogens with zero attached hydrogens (tertiary/aromatic N) is 4. The first-order chi connectivity index (χ1) is 9.47. The molecule has 0 aliphatic carbocycles. The third kappa shape index (κ3) is 20.2. The van der Waals surface area contributed by atoms with E-state index in [1.54, 1.807) is 0 Å². The van der Waals surface area contributed by atoms with E-state index in [4.69, 9.17) is 24.5 Å². The molecule has 0 spiro atoms. The number of azide groups is 1. The van der Waals surface area contributed by atoms with Crippen LogP contribution in [0, 0.1) is 0 Å². The van der Waals surface area contributed by atoms with E-state index in [1.807, 2.05) is 5.43 Å². The van der Waals surface area contributed by atoms with Crippen molar-refractivity contribution in [1.82, 2.24) is 15.9 Å². The fraction of sp³-hybridized carbons (Fsp3) is 0.714. The second-order valence-electron chi connectivity index (χ2n) is 3.12. The molecule has 1 aliphatic heterocycles. The fourth-order valence-corrected chi connectivity index (χ4v) is 1.56. The zero-order valence-electron chi connectivity index (χ0n) is 10.2. The summed E-state index contributed by atoms with van der Waals surface area (Å²) < 4.78 is 17.6. The van der Waals surface area contributed by atoms with Crippen molar-refractivity contribution in [2.24, 2.45) is 5.22 Å². The molecule has 1 fully saturated rings. The van der Waals surface area contributed by atoms with Crippen molar-refractivity contribution < 1.29 is 25.3 Å². The van der Waals surface area contributed by atoms with Gasteiger partial charge in [0.15, 0.2) is 0 Å². The molecule has 1 rings (SSSR count). The van der Waals surface area contributed by atoms with Gasteiger partial charge in [-0.1, -0.05) is 18.6 Å². The molecule has 1 heterocycles. The van der Waals surface area contributed by atoms with E-state index < -0.39 is 18.5 Å². The molecule has 0 aromatic heterocycles. The first kappa shape index (κ1) is 22.2. The Morgan fingerprint density at radius 2 is 1.85 bits per heavy atom. The average Bonchev–Trinajstić information content (AvgIpc) is 2.38. The maximum atomic E-state index is 8.50. The molecule has 114 valence electrons. The van der Waals surface area contributed by atoms with E-state index in [0.29, 0.717) is 4.32 Å². The van der Waals surface area contributed by atoms with Gasteiger partial charge in [-0.2, -0.15) is 4.91 Å². The Morgan fingerprint density at radius 1 is 1.35 bits per heavy atom. The maximum absolute atomic E-state index is 8.50. The van der Waals surface area contributed by atoms with E-state index in [-0.39, 0.29) is 4.32 Å². The van der Waals surface area contributed by atoms with Crippen LogP contribution >= 0.6 is 37.1 Å². The Kier molecular flexibility index (Phi) is 18.8. The standard InChI is InChI=1S/C6H12N2S2.CH2N4S2.Mo.2O/c9-6(10)7-8-4-2-1-3-5-8;2-4-5-3-1(6)7;;;/h1-5H2,(H2,7,9,10);(H2,3,6,7);;;/p-1. The summed E-state index contributed by atoms with van der Waals surface area (Å²) >= 11 is 15.3.